The monoisotopic (exact) mass is 1340 g/mol. The van der Waals surface area contributed by atoms with Crippen LogP contribution < -0.4 is 9.47 Å². The fraction of sp³-hybridized carbons (Fsp3) is 0.375. The van der Waals surface area contributed by atoms with E-state index in [9.17, 15) is 43.9 Å². The minimum atomic E-state index is -5.80. The molecule has 424 valence electrons. The number of halogens is 12. The lowest BCUT2D eigenvalue weighted by Crippen LogP contribution is -2.37. The van der Waals surface area contributed by atoms with Crippen molar-refractivity contribution in [3.8, 4) is 11.5 Å². The van der Waals surface area contributed by atoms with Gasteiger partial charge in [-0.2, -0.15) is 55.7 Å². The number of alkyl halides is 10. The summed E-state index contributed by atoms with van der Waals surface area (Å²) >= 11 is 5.51. The summed E-state index contributed by atoms with van der Waals surface area (Å²) in [7, 11) is 0. The predicted octanol–water partition coefficient (Wildman–Crippen LogP) is 21.6. The van der Waals surface area contributed by atoms with Crippen molar-refractivity contribution in [1.29, 1.82) is 0 Å². The summed E-state index contributed by atoms with van der Waals surface area (Å²) in [5.41, 5.74) is 11.0. The van der Waals surface area contributed by atoms with Crippen LogP contribution >= 0.6 is 56.9 Å². The molecule has 0 radical (unpaired) electrons. The molecule has 0 bridgehead atoms. The van der Waals surface area contributed by atoms with Crippen LogP contribution in [0.5, 0.6) is 11.5 Å². The van der Waals surface area contributed by atoms with Gasteiger partial charge in [0.25, 0.3) is 0 Å². The third-order valence-corrected chi connectivity index (χ3v) is 16.9. The zero-order valence-corrected chi connectivity index (χ0v) is 49.4. The van der Waals surface area contributed by atoms with Crippen LogP contribution in [0, 0.1) is 7.14 Å². The molecule has 0 N–H and O–H groups in total. The maximum atomic E-state index is 14.3. The minimum absolute atomic E-state index is 0.162. The molecule has 15 heteroatoms. The lowest BCUT2D eigenvalue weighted by Gasteiger charge is -2.28. The van der Waals surface area contributed by atoms with Gasteiger partial charge in [-0.3, -0.25) is 0 Å². The van der Waals surface area contributed by atoms with Gasteiger partial charge in [-0.1, -0.05) is 149 Å². The van der Waals surface area contributed by atoms with Crippen LogP contribution in [0.1, 0.15) is 137 Å². The van der Waals surface area contributed by atoms with Crippen molar-refractivity contribution in [2.75, 3.05) is 13.2 Å². The van der Waals surface area contributed by atoms with Gasteiger partial charge in [0.15, 0.2) is 0 Å². The first-order chi connectivity index (χ1) is 37.7. The fourth-order valence-corrected chi connectivity index (χ4v) is 11.9. The van der Waals surface area contributed by atoms with E-state index < -0.39 is 60.4 Å². The molecular weight excluding hydrogens is 1280 g/mol. The number of benzene rings is 6. The highest BCUT2D eigenvalue weighted by atomic mass is 127. The van der Waals surface area contributed by atoms with E-state index in [2.05, 4.69) is 132 Å². The van der Waals surface area contributed by atoms with Crippen molar-refractivity contribution in [3.63, 3.8) is 0 Å². The summed E-state index contributed by atoms with van der Waals surface area (Å²) in [5.74, 6) is -8.75. The third kappa shape index (κ3) is 19.3. The number of rotatable bonds is 30. The van der Waals surface area contributed by atoms with Crippen molar-refractivity contribution < 1.29 is 53.4 Å². The highest BCUT2D eigenvalue weighted by molar-refractivity contribution is 14.1. The van der Waals surface area contributed by atoms with E-state index in [-0.39, 0.29) is 26.1 Å². The Hall–Kier alpha value is -4.49. The largest absolute Gasteiger partial charge is 0.494 e. The first-order valence-corrected chi connectivity index (χ1v) is 29.9. The first kappa shape index (κ1) is 63.7. The third-order valence-electron chi connectivity index (χ3n) is 13.8. The van der Waals surface area contributed by atoms with Gasteiger partial charge < -0.3 is 9.47 Å². The number of hydrogen-bond donors (Lipinski definition) is 0. The van der Waals surface area contributed by atoms with E-state index in [1.165, 1.54) is 11.1 Å². The van der Waals surface area contributed by atoms with Crippen LogP contribution in [0.4, 0.5) is 43.9 Å². The standard InChI is InChI=1S/C64H66F10I2O2S/c1-3-57(45-17-9-5-10-18-45)59(47-23-31-51(75)32-24-47)49-27-35-53(36-28-49)77-43-15-7-13-21-55(39-41-61(65,66)63(69,70)71)79-56(40-42-62(67,68)64(72,73)74)22-14-8-16-44-78-54-37-29-50(30-38-54)60(48-25-33-52(76)34-26-48)58(4-2)46-19-11-6-12-20-46/h5-6,9-12,17-20,23-38,55-56H,3-4,7-8,13-16,21-22,39-44H2,1-2H3/b59-57-,60-58-. The van der Waals surface area contributed by atoms with Gasteiger partial charge in [0.05, 0.1) is 13.2 Å². The number of allylic oxidation sites excluding steroid dienone is 2. The molecule has 0 aliphatic rings. The van der Waals surface area contributed by atoms with Crippen LogP contribution in [-0.4, -0.2) is 47.9 Å². The number of thioether (sulfide) groups is 1. The van der Waals surface area contributed by atoms with E-state index in [1.807, 2.05) is 84.9 Å². The second kappa shape index (κ2) is 30.5. The molecule has 0 heterocycles. The van der Waals surface area contributed by atoms with Crippen LogP contribution in [0.25, 0.3) is 22.3 Å². The zero-order valence-electron chi connectivity index (χ0n) is 44.2. The quantitative estimate of drug-likeness (QED) is 0.0194. The number of ether oxygens (including phenoxy) is 2. The lowest BCUT2D eigenvalue weighted by atomic mass is 9.88. The van der Waals surface area contributed by atoms with Gasteiger partial charge in [-0.15, -0.1) is 0 Å². The molecule has 0 aliphatic carbocycles. The smallest absolute Gasteiger partial charge is 0.453 e. The highest BCUT2D eigenvalue weighted by Crippen LogP contribution is 2.45. The molecule has 0 fully saturated rings. The normalized spacial score (nSPS) is 13.8. The van der Waals surface area contributed by atoms with Crippen molar-refractivity contribution in [1.82, 2.24) is 0 Å². The lowest BCUT2D eigenvalue weighted by molar-refractivity contribution is -0.284. The Kier molecular flexibility index (Phi) is 24.6. The first-order valence-electron chi connectivity index (χ1n) is 26.8. The molecule has 0 aromatic heterocycles. The van der Waals surface area contributed by atoms with Crippen molar-refractivity contribution in [3.05, 3.63) is 198 Å². The molecule has 2 unspecified atom stereocenters. The average Bonchev–Trinajstić information content (AvgIpc) is 3.43. The number of unbranched alkanes of at least 4 members (excludes halogenated alkanes) is 4. The molecule has 6 rings (SSSR count). The van der Waals surface area contributed by atoms with Crippen LogP contribution in [0.2, 0.25) is 0 Å². The van der Waals surface area contributed by atoms with Crippen molar-refractivity contribution in [2.24, 2.45) is 0 Å². The average molecular weight is 1340 g/mol. The Balaban J connectivity index is 1.05. The molecule has 0 saturated carbocycles. The van der Waals surface area contributed by atoms with E-state index in [4.69, 9.17) is 9.47 Å². The Morgan fingerprint density at radius 3 is 1.01 bits per heavy atom. The van der Waals surface area contributed by atoms with Gasteiger partial charge in [0.1, 0.15) is 11.5 Å². The summed E-state index contributed by atoms with van der Waals surface area (Å²) in [6.07, 6.45) is -11.1. The van der Waals surface area contributed by atoms with Gasteiger partial charge in [0, 0.05) is 30.5 Å². The molecule has 0 aliphatic heterocycles. The molecule has 0 saturated heterocycles. The summed E-state index contributed by atoms with van der Waals surface area (Å²) in [6.45, 7) is 4.83. The van der Waals surface area contributed by atoms with Crippen LogP contribution in [-0.2, 0) is 0 Å². The number of hydrogen-bond acceptors (Lipinski definition) is 3. The van der Waals surface area contributed by atoms with Crippen molar-refractivity contribution in [2.45, 2.75) is 138 Å². The summed E-state index contributed by atoms with van der Waals surface area (Å²) < 4.78 is 152. The van der Waals surface area contributed by atoms with E-state index in [0.717, 1.165) is 76.3 Å². The SMILES string of the molecule is CC/C(=C(\c1ccc(I)cc1)c1ccc(OCCCCCC(CCC(F)(F)C(F)(F)F)SC(CCCCCOc2ccc(/C(=C(/CC)c3ccccc3)c3ccc(I)cc3)cc2)CCC(F)(F)C(F)(F)F)cc1)c1ccccc1. The Bertz CT molecular complexity index is 2620. The Labute approximate surface area is 490 Å². The summed E-state index contributed by atoms with van der Waals surface area (Å²) in [6, 6.07) is 52.6. The fourth-order valence-electron chi connectivity index (χ4n) is 9.51. The highest BCUT2D eigenvalue weighted by Gasteiger charge is 2.58. The second-order valence-electron chi connectivity index (χ2n) is 19.5. The minimum Gasteiger partial charge on any atom is -0.494 e. The Morgan fingerprint density at radius 2 is 0.709 bits per heavy atom. The topological polar surface area (TPSA) is 18.5 Å². The molecular formula is C64H66F10I2O2S. The van der Waals surface area contributed by atoms with E-state index >= 15 is 0 Å². The van der Waals surface area contributed by atoms with Crippen LogP contribution in [0.15, 0.2) is 158 Å². The molecule has 6 aromatic carbocycles. The summed E-state index contributed by atoms with van der Waals surface area (Å²) in [5, 5.41) is -1.70. The van der Waals surface area contributed by atoms with E-state index in [1.54, 1.807) is 0 Å². The van der Waals surface area contributed by atoms with Crippen LogP contribution in [0.3, 0.4) is 0 Å². The molecule has 0 amide bonds. The second-order valence-corrected chi connectivity index (χ2v) is 23.6. The van der Waals surface area contributed by atoms with Gasteiger partial charge >= 0.3 is 24.2 Å². The zero-order chi connectivity index (χ0) is 57.1. The molecule has 6 aromatic rings. The maximum Gasteiger partial charge on any atom is 0.453 e. The Morgan fingerprint density at radius 1 is 0.392 bits per heavy atom. The summed E-state index contributed by atoms with van der Waals surface area (Å²) in [4.78, 5) is 0. The van der Waals surface area contributed by atoms with Gasteiger partial charge in [-0.05, 0) is 201 Å². The molecule has 0 spiro atoms. The van der Waals surface area contributed by atoms with E-state index in [0.29, 0.717) is 50.0 Å². The molecule has 2 nitrogen and oxygen atoms in total. The van der Waals surface area contributed by atoms with Crippen molar-refractivity contribution >= 4 is 79.2 Å². The van der Waals surface area contributed by atoms with Gasteiger partial charge in [-0.25, -0.2) is 0 Å². The predicted molar refractivity (Wildman–Crippen MR) is 320 cm³/mol. The molecule has 2 atom stereocenters. The molecule has 79 heavy (non-hydrogen) atoms. The maximum absolute atomic E-state index is 14.3. The van der Waals surface area contributed by atoms with Gasteiger partial charge in [0.2, 0.25) is 0 Å².